The molecule has 8 nitrogen and oxygen atoms in total. The van der Waals surface area contributed by atoms with E-state index in [4.69, 9.17) is 4.84 Å². The zero-order valence-corrected chi connectivity index (χ0v) is 28.3. The first-order valence-electron chi connectivity index (χ1n) is 18.1. The minimum Gasteiger partial charge on any atom is -0.394 e. The van der Waals surface area contributed by atoms with Gasteiger partial charge in [0.25, 0.3) is 5.91 Å². The molecule has 0 saturated heterocycles. The molecule has 0 heterocycles. The minimum atomic E-state index is -2.55. The van der Waals surface area contributed by atoms with Gasteiger partial charge in [0.2, 0.25) is 0 Å². The van der Waals surface area contributed by atoms with Crippen LogP contribution in [0.2, 0.25) is 0 Å². The summed E-state index contributed by atoms with van der Waals surface area (Å²) in [6.45, 7) is 4.83. The van der Waals surface area contributed by atoms with E-state index in [1.165, 1.54) is 103 Å². The molecule has 0 amide bonds. The number of carbonyl (C=O) groups is 1. The molecule has 0 radical (unpaired) electrons. The Morgan fingerprint density at radius 1 is 0.628 bits per heavy atom. The van der Waals surface area contributed by atoms with Crippen LogP contribution in [0.15, 0.2) is 0 Å². The summed E-state index contributed by atoms with van der Waals surface area (Å²) in [5, 5.41) is 51.7. The second-order valence-electron chi connectivity index (χ2n) is 12.9. The molecule has 43 heavy (non-hydrogen) atoms. The molecule has 0 rings (SSSR count). The van der Waals surface area contributed by atoms with Gasteiger partial charge < -0.3 is 30.4 Å². The zero-order valence-electron chi connectivity index (χ0n) is 28.3. The van der Waals surface area contributed by atoms with Crippen molar-refractivity contribution in [3.8, 4) is 0 Å². The number of hydrogen-bond donors (Lipinski definition) is 5. The van der Waals surface area contributed by atoms with Crippen molar-refractivity contribution in [2.75, 3.05) is 6.61 Å². The van der Waals surface area contributed by atoms with Gasteiger partial charge in [-0.05, 0) is 12.8 Å². The van der Waals surface area contributed by atoms with Gasteiger partial charge in [0, 0.05) is 13.3 Å². The first-order valence-corrected chi connectivity index (χ1v) is 18.1. The Kier molecular flexibility index (Phi) is 28.2. The van der Waals surface area contributed by atoms with E-state index >= 15 is 0 Å². The van der Waals surface area contributed by atoms with Gasteiger partial charge in [-0.15, -0.1) is 0 Å². The smallest absolute Gasteiger partial charge is 0.325 e. The van der Waals surface area contributed by atoms with Gasteiger partial charge in [-0.25, -0.2) is 0 Å². The highest BCUT2D eigenvalue weighted by molar-refractivity contribution is 5.69. The molecule has 0 aromatic heterocycles. The lowest BCUT2D eigenvalue weighted by molar-refractivity contribution is -0.378. The van der Waals surface area contributed by atoms with E-state index in [9.17, 15) is 30.3 Å². The Morgan fingerprint density at radius 3 is 1.33 bits per heavy atom. The van der Waals surface area contributed by atoms with Crippen LogP contribution in [0.25, 0.3) is 0 Å². The molecule has 0 aliphatic heterocycles. The average molecular weight is 618 g/mol. The molecule has 258 valence electrons. The highest BCUT2D eigenvalue weighted by Crippen LogP contribution is 2.24. The van der Waals surface area contributed by atoms with Crippen LogP contribution in [0.1, 0.15) is 188 Å². The predicted molar refractivity (Wildman–Crippen MR) is 175 cm³/mol. The number of nitrogens with zero attached hydrogens (tertiary/aromatic N) is 1. The molecular formula is C35H71NO7. The van der Waals surface area contributed by atoms with Crippen molar-refractivity contribution >= 4 is 5.97 Å². The van der Waals surface area contributed by atoms with Crippen LogP contribution in [0.4, 0.5) is 0 Å². The number of aliphatic hydroxyl groups is 5. The van der Waals surface area contributed by atoms with E-state index in [2.05, 4.69) is 13.8 Å². The normalized spacial score (nSPS) is 14.3. The molecule has 3 atom stereocenters. The molecule has 0 aliphatic carbocycles. The standard InChI is InChI=1S/C35H71NO7/c1-4-6-8-10-12-14-15-16-17-18-19-21-23-25-27-29-33(39)43-36(35(3,41)42)31(34(40)32(38)30-37)28-26-24-22-20-13-11-9-7-5-2/h31-32,34,37-38,40-42H,4-30H2,1-3H3. The van der Waals surface area contributed by atoms with Crippen LogP contribution in [0.5, 0.6) is 0 Å². The van der Waals surface area contributed by atoms with E-state index in [-0.39, 0.29) is 12.8 Å². The van der Waals surface area contributed by atoms with Crippen molar-refractivity contribution < 1.29 is 35.2 Å². The molecule has 0 bridgehead atoms. The minimum absolute atomic E-state index is 0.133. The van der Waals surface area contributed by atoms with E-state index in [0.717, 1.165) is 45.4 Å². The lowest BCUT2D eigenvalue weighted by Crippen LogP contribution is -2.59. The monoisotopic (exact) mass is 618 g/mol. The molecular weight excluding hydrogens is 546 g/mol. The van der Waals surface area contributed by atoms with Gasteiger partial charge in [0.05, 0.1) is 12.6 Å². The number of hydrogen-bond acceptors (Lipinski definition) is 8. The lowest BCUT2D eigenvalue weighted by Gasteiger charge is -2.39. The van der Waals surface area contributed by atoms with Crippen LogP contribution in [0, 0.1) is 0 Å². The van der Waals surface area contributed by atoms with Crippen molar-refractivity contribution in [1.29, 1.82) is 0 Å². The molecule has 8 heteroatoms. The van der Waals surface area contributed by atoms with E-state index in [0.29, 0.717) is 17.9 Å². The summed E-state index contributed by atoms with van der Waals surface area (Å²) in [5.74, 6) is -3.16. The SMILES string of the molecule is CCCCCCCCCCCCCCCCCC(=O)ON(C(CCCCCCCCCCC)C(O)C(O)CO)C(C)(O)O. The topological polar surface area (TPSA) is 131 Å². The Balaban J connectivity index is 4.40. The van der Waals surface area contributed by atoms with Crippen LogP contribution in [-0.4, -0.2) is 67.3 Å². The van der Waals surface area contributed by atoms with Gasteiger partial charge in [-0.1, -0.05) is 167 Å². The van der Waals surface area contributed by atoms with Gasteiger partial charge in [0.1, 0.15) is 12.2 Å². The molecule has 5 N–H and O–H groups in total. The van der Waals surface area contributed by atoms with E-state index in [1.54, 1.807) is 0 Å². The number of unbranched alkanes of at least 4 members (excludes halogenated alkanes) is 22. The number of carbonyl (C=O) groups excluding carboxylic acids is 1. The maximum absolute atomic E-state index is 12.6. The molecule has 0 saturated carbocycles. The fourth-order valence-electron chi connectivity index (χ4n) is 5.72. The number of rotatable bonds is 32. The van der Waals surface area contributed by atoms with Crippen molar-refractivity contribution in [1.82, 2.24) is 5.06 Å². The second kappa shape index (κ2) is 28.7. The fourth-order valence-corrected chi connectivity index (χ4v) is 5.72. The third-order valence-electron chi connectivity index (χ3n) is 8.48. The van der Waals surface area contributed by atoms with E-state index < -0.39 is 36.7 Å². The maximum Gasteiger partial charge on any atom is 0.325 e. The predicted octanol–water partition coefficient (Wildman–Crippen LogP) is 7.67. The van der Waals surface area contributed by atoms with Crippen molar-refractivity contribution in [2.45, 2.75) is 212 Å². The van der Waals surface area contributed by atoms with Crippen LogP contribution >= 0.6 is 0 Å². The molecule has 3 unspecified atom stereocenters. The quantitative estimate of drug-likeness (QED) is 0.0295. The zero-order chi connectivity index (χ0) is 32.2. The Morgan fingerprint density at radius 2 is 0.977 bits per heavy atom. The van der Waals surface area contributed by atoms with Crippen molar-refractivity contribution in [3.63, 3.8) is 0 Å². The summed E-state index contributed by atoms with van der Waals surface area (Å²) in [6, 6.07) is -1.07. The maximum atomic E-state index is 12.6. The Hall–Kier alpha value is -0.770. The largest absolute Gasteiger partial charge is 0.394 e. The summed E-state index contributed by atoms with van der Waals surface area (Å²) in [6.07, 6.45) is 25.6. The summed E-state index contributed by atoms with van der Waals surface area (Å²) in [4.78, 5) is 18.0. The third-order valence-corrected chi connectivity index (χ3v) is 8.48. The molecule has 0 spiro atoms. The Labute approximate surface area is 264 Å². The number of hydroxylamine groups is 2. The van der Waals surface area contributed by atoms with Crippen molar-refractivity contribution in [3.05, 3.63) is 0 Å². The van der Waals surface area contributed by atoms with Gasteiger partial charge in [-0.3, -0.25) is 4.79 Å². The summed E-state index contributed by atoms with van der Waals surface area (Å²) < 4.78 is 0. The van der Waals surface area contributed by atoms with Gasteiger partial charge >= 0.3 is 5.97 Å². The van der Waals surface area contributed by atoms with Gasteiger partial charge in [-0.2, -0.15) is 0 Å². The Bertz CT molecular complexity index is 613. The van der Waals surface area contributed by atoms with Gasteiger partial charge in [0.15, 0.2) is 0 Å². The lowest BCUT2D eigenvalue weighted by atomic mass is 9.97. The summed E-state index contributed by atoms with van der Waals surface area (Å²) in [7, 11) is 0. The highest BCUT2D eigenvalue weighted by Gasteiger charge is 2.42. The van der Waals surface area contributed by atoms with Crippen LogP contribution in [0.3, 0.4) is 0 Å². The third kappa shape index (κ3) is 24.2. The molecule has 0 fully saturated rings. The first kappa shape index (κ1) is 42.2. The molecule has 0 aromatic carbocycles. The first-order chi connectivity index (χ1) is 20.7. The number of aliphatic hydroxyl groups excluding tert-OH is 3. The average Bonchev–Trinajstić information content (AvgIpc) is 2.98. The van der Waals surface area contributed by atoms with Crippen molar-refractivity contribution in [2.24, 2.45) is 0 Å². The molecule has 0 aromatic rings. The summed E-state index contributed by atoms with van der Waals surface area (Å²) >= 11 is 0. The molecule has 0 aliphatic rings. The van der Waals surface area contributed by atoms with E-state index in [1.807, 2.05) is 0 Å². The highest BCUT2D eigenvalue weighted by atomic mass is 16.8. The second-order valence-corrected chi connectivity index (χ2v) is 12.9. The fraction of sp³-hybridized carbons (Fsp3) is 0.971. The van der Waals surface area contributed by atoms with Crippen LogP contribution < -0.4 is 0 Å². The summed E-state index contributed by atoms with van der Waals surface area (Å²) in [5.41, 5.74) is 0. The van der Waals surface area contributed by atoms with Crippen LogP contribution in [-0.2, 0) is 9.63 Å².